The van der Waals surface area contributed by atoms with Crippen LogP contribution in [0.25, 0.3) is 0 Å². The van der Waals surface area contributed by atoms with Gasteiger partial charge in [0.2, 0.25) is 5.91 Å². The fraction of sp³-hybridized carbons (Fsp3) is 0.500. The molecule has 0 atom stereocenters. The van der Waals surface area contributed by atoms with Crippen LogP contribution >= 0.6 is 0 Å². The molecule has 0 aromatic heterocycles. The van der Waals surface area contributed by atoms with Crippen molar-refractivity contribution in [2.75, 3.05) is 13.1 Å². The van der Waals surface area contributed by atoms with Gasteiger partial charge in [-0.25, -0.2) is 0 Å². The van der Waals surface area contributed by atoms with Gasteiger partial charge in [-0.2, -0.15) is 0 Å². The van der Waals surface area contributed by atoms with Crippen LogP contribution in [0.15, 0.2) is 24.3 Å². The predicted molar refractivity (Wildman–Crippen MR) is 68.7 cm³/mol. The monoisotopic (exact) mass is 232 g/mol. The Balaban J connectivity index is 1.99. The van der Waals surface area contributed by atoms with Crippen LogP contribution in [0, 0.1) is 6.92 Å². The summed E-state index contributed by atoms with van der Waals surface area (Å²) in [6.07, 6.45) is 2.78. The molecule has 3 nitrogen and oxygen atoms in total. The Morgan fingerprint density at radius 1 is 1.47 bits per heavy atom. The van der Waals surface area contributed by atoms with Gasteiger partial charge >= 0.3 is 0 Å². The molecular formula is C14H20N2O. The van der Waals surface area contributed by atoms with E-state index in [4.69, 9.17) is 5.73 Å². The average Bonchev–Trinajstić information content (AvgIpc) is 3.09. The molecule has 1 aromatic carbocycles. The zero-order valence-corrected chi connectivity index (χ0v) is 10.4. The predicted octanol–water partition coefficient (Wildman–Crippen LogP) is 1.49. The minimum atomic E-state index is 0.212. The SMILES string of the molecule is Cc1cccc(CC(=O)N(CCN)C2CC2)c1. The molecule has 1 saturated carbocycles. The van der Waals surface area contributed by atoms with Crippen LogP contribution in [0.5, 0.6) is 0 Å². The maximum atomic E-state index is 12.2. The van der Waals surface area contributed by atoms with Crippen molar-refractivity contribution in [3.8, 4) is 0 Å². The van der Waals surface area contributed by atoms with Crippen molar-refractivity contribution < 1.29 is 4.79 Å². The van der Waals surface area contributed by atoms with Crippen molar-refractivity contribution in [3.05, 3.63) is 35.4 Å². The molecule has 0 bridgehead atoms. The van der Waals surface area contributed by atoms with Crippen LogP contribution < -0.4 is 5.73 Å². The van der Waals surface area contributed by atoms with Gasteiger partial charge in [0.15, 0.2) is 0 Å². The van der Waals surface area contributed by atoms with Crippen LogP contribution in [-0.4, -0.2) is 29.9 Å². The summed E-state index contributed by atoms with van der Waals surface area (Å²) in [6, 6.07) is 8.59. The number of nitrogens with zero attached hydrogens (tertiary/aromatic N) is 1. The molecule has 3 heteroatoms. The molecule has 92 valence electrons. The second-order valence-electron chi connectivity index (χ2n) is 4.77. The Bertz CT molecular complexity index is 399. The molecule has 0 spiro atoms. The third-order valence-corrected chi connectivity index (χ3v) is 3.12. The molecule has 1 aliphatic carbocycles. The van der Waals surface area contributed by atoms with Gasteiger partial charge in [-0.1, -0.05) is 29.8 Å². The number of benzene rings is 1. The smallest absolute Gasteiger partial charge is 0.227 e. The maximum absolute atomic E-state index is 12.2. The van der Waals surface area contributed by atoms with Crippen LogP contribution in [0.4, 0.5) is 0 Å². The summed E-state index contributed by atoms with van der Waals surface area (Å²) in [6.45, 7) is 3.29. The quantitative estimate of drug-likeness (QED) is 0.836. The molecule has 1 amide bonds. The summed E-state index contributed by atoms with van der Waals surface area (Å²) in [5.41, 5.74) is 7.85. The number of nitrogens with two attached hydrogens (primary N) is 1. The number of hydrogen-bond donors (Lipinski definition) is 1. The van der Waals surface area contributed by atoms with Crippen molar-refractivity contribution >= 4 is 5.91 Å². The molecule has 0 aliphatic heterocycles. The van der Waals surface area contributed by atoms with Gasteiger partial charge in [0.25, 0.3) is 0 Å². The first-order valence-electron chi connectivity index (χ1n) is 6.26. The first-order valence-corrected chi connectivity index (χ1v) is 6.26. The number of aryl methyl sites for hydroxylation is 1. The Kier molecular flexibility index (Phi) is 3.79. The lowest BCUT2D eigenvalue weighted by Gasteiger charge is -2.21. The Hall–Kier alpha value is -1.35. The van der Waals surface area contributed by atoms with Gasteiger partial charge in [-0.15, -0.1) is 0 Å². The standard InChI is InChI=1S/C14H20N2O/c1-11-3-2-4-12(9-11)10-14(17)16(8-7-15)13-5-6-13/h2-4,9,13H,5-8,10,15H2,1H3. The molecule has 1 aliphatic rings. The number of rotatable bonds is 5. The van der Waals surface area contributed by atoms with Crippen molar-refractivity contribution in [3.63, 3.8) is 0 Å². The van der Waals surface area contributed by atoms with E-state index < -0.39 is 0 Å². The molecule has 1 aromatic rings. The number of carbonyl (C=O) groups is 1. The normalized spacial score (nSPS) is 14.7. The van der Waals surface area contributed by atoms with E-state index in [2.05, 4.69) is 6.07 Å². The lowest BCUT2D eigenvalue weighted by Crippen LogP contribution is -2.38. The lowest BCUT2D eigenvalue weighted by molar-refractivity contribution is -0.130. The summed E-state index contributed by atoms with van der Waals surface area (Å²) in [7, 11) is 0. The van der Waals surface area contributed by atoms with Crippen LogP contribution in [0.2, 0.25) is 0 Å². The topological polar surface area (TPSA) is 46.3 Å². The molecule has 2 rings (SSSR count). The van der Waals surface area contributed by atoms with Gasteiger partial charge in [0, 0.05) is 19.1 Å². The van der Waals surface area contributed by atoms with Gasteiger partial charge in [-0.05, 0) is 25.3 Å². The van der Waals surface area contributed by atoms with E-state index in [-0.39, 0.29) is 5.91 Å². The second-order valence-corrected chi connectivity index (χ2v) is 4.77. The number of amides is 1. The summed E-state index contributed by atoms with van der Waals surface area (Å²) < 4.78 is 0. The highest BCUT2D eigenvalue weighted by molar-refractivity contribution is 5.79. The van der Waals surface area contributed by atoms with Gasteiger partial charge in [-0.3, -0.25) is 4.79 Å². The molecule has 0 unspecified atom stereocenters. The van der Waals surface area contributed by atoms with Crippen LogP contribution in [0.3, 0.4) is 0 Å². The second kappa shape index (κ2) is 5.32. The maximum Gasteiger partial charge on any atom is 0.227 e. The minimum absolute atomic E-state index is 0.212. The minimum Gasteiger partial charge on any atom is -0.338 e. The van der Waals surface area contributed by atoms with Crippen molar-refractivity contribution in [2.24, 2.45) is 5.73 Å². The highest BCUT2D eigenvalue weighted by Gasteiger charge is 2.31. The van der Waals surface area contributed by atoms with E-state index in [1.165, 1.54) is 5.56 Å². The average molecular weight is 232 g/mol. The highest BCUT2D eigenvalue weighted by atomic mass is 16.2. The molecule has 0 heterocycles. The lowest BCUT2D eigenvalue weighted by atomic mass is 10.1. The Morgan fingerprint density at radius 3 is 2.82 bits per heavy atom. The summed E-state index contributed by atoms with van der Waals surface area (Å²) in [5.74, 6) is 0.212. The summed E-state index contributed by atoms with van der Waals surface area (Å²) >= 11 is 0. The number of carbonyl (C=O) groups excluding carboxylic acids is 1. The van der Waals surface area contributed by atoms with E-state index in [0.29, 0.717) is 25.6 Å². The fourth-order valence-corrected chi connectivity index (χ4v) is 2.13. The van der Waals surface area contributed by atoms with E-state index in [0.717, 1.165) is 18.4 Å². The van der Waals surface area contributed by atoms with E-state index in [1.54, 1.807) is 0 Å². The van der Waals surface area contributed by atoms with Crippen molar-refractivity contribution in [1.82, 2.24) is 4.90 Å². The Labute approximate surface area is 103 Å². The first-order chi connectivity index (χ1) is 8.20. The van der Waals surface area contributed by atoms with E-state index in [1.807, 2.05) is 30.0 Å². The molecule has 17 heavy (non-hydrogen) atoms. The fourth-order valence-electron chi connectivity index (χ4n) is 2.13. The highest BCUT2D eigenvalue weighted by Crippen LogP contribution is 2.27. The van der Waals surface area contributed by atoms with Crippen molar-refractivity contribution in [1.29, 1.82) is 0 Å². The van der Waals surface area contributed by atoms with Gasteiger partial charge < -0.3 is 10.6 Å². The van der Waals surface area contributed by atoms with Crippen LogP contribution in [0.1, 0.15) is 24.0 Å². The molecule has 1 fully saturated rings. The largest absolute Gasteiger partial charge is 0.338 e. The zero-order chi connectivity index (χ0) is 12.3. The van der Waals surface area contributed by atoms with E-state index >= 15 is 0 Å². The summed E-state index contributed by atoms with van der Waals surface area (Å²) in [5, 5.41) is 0. The van der Waals surface area contributed by atoms with Crippen molar-refractivity contribution in [2.45, 2.75) is 32.2 Å². The van der Waals surface area contributed by atoms with Gasteiger partial charge in [0.05, 0.1) is 6.42 Å². The van der Waals surface area contributed by atoms with Crippen LogP contribution in [-0.2, 0) is 11.2 Å². The summed E-state index contributed by atoms with van der Waals surface area (Å²) in [4.78, 5) is 14.1. The zero-order valence-electron chi connectivity index (χ0n) is 10.4. The number of hydrogen-bond acceptors (Lipinski definition) is 2. The Morgan fingerprint density at radius 2 is 2.24 bits per heavy atom. The van der Waals surface area contributed by atoms with E-state index in [9.17, 15) is 4.79 Å². The molecular weight excluding hydrogens is 212 g/mol. The first kappa shape index (κ1) is 12.1. The molecule has 0 saturated heterocycles. The third-order valence-electron chi connectivity index (χ3n) is 3.12. The molecule has 2 N–H and O–H groups in total. The third kappa shape index (κ3) is 3.30. The van der Waals surface area contributed by atoms with Gasteiger partial charge in [0.1, 0.15) is 0 Å². The molecule has 0 radical (unpaired) electrons.